The van der Waals surface area contributed by atoms with Gasteiger partial charge in [0.15, 0.2) is 0 Å². The van der Waals surface area contributed by atoms with E-state index in [9.17, 15) is 13.6 Å². The minimum atomic E-state index is -2.95. The monoisotopic (exact) mass is 507 g/mol. The van der Waals surface area contributed by atoms with Crippen LogP contribution in [0.1, 0.15) is 65.1 Å². The highest BCUT2D eigenvalue weighted by Crippen LogP contribution is 2.42. The Morgan fingerprint density at radius 2 is 2.06 bits per heavy atom. The first kappa shape index (κ1) is 27.4. The first-order chi connectivity index (χ1) is 17.1. The first-order valence-electron chi connectivity index (χ1n) is 13.5. The van der Waals surface area contributed by atoms with Crippen molar-refractivity contribution in [3.05, 3.63) is 23.5 Å². The maximum atomic E-state index is 14.7. The molecule has 0 aliphatic carbocycles. The van der Waals surface area contributed by atoms with Crippen LogP contribution in [-0.2, 0) is 20.9 Å². The molecule has 1 aromatic heterocycles. The molecule has 2 saturated heterocycles. The average Bonchev–Trinajstić information content (AvgIpc) is 3.11. The maximum absolute atomic E-state index is 14.7. The summed E-state index contributed by atoms with van der Waals surface area (Å²) in [7, 11) is 0. The lowest BCUT2D eigenvalue weighted by Crippen LogP contribution is -2.62. The van der Waals surface area contributed by atoms with Crippen molar-refractivity contribution in [3.8, 4) is 0 Å². The molecule has 1 N–H and O–H groups in total. The van der Waals surface area contributed by atoms with Crippen molar-refractivity contribution in [3.63, 3.8) is 0 Å². The molecule has 0 bridgehead atoms. The summed E-state index contributed by atoms with van der Waals surface area (Å²) < 4.78 is 35.1. The Labute approximate surface area is 214 Å². The van der Waals surface area contributed by atoms with Crippen molar-refractivity contribution >= 4 is 11.6 Å². The Hall–Kier alpha value is -1.68. The van der Waals surface area contributed by atoms with E-state index < -0.39 is 5.92 Å². The third kappa shape index (κ3) is 5.74. The lowest BCUT2D eigenvalue weighted by molar-refractivity contribution is -0.121. The quantitative estimate of drug-likeness (QED) is 0.582. The number of pyridine rings is 1. The van der Waals surface area contributed by atoms with Crippen LogP contribution in [0.2, 0.25) is 0 Å². The van der Waals surface area contributed by atoms with Crippen LogP contribution >= 0.6 is 0 Å². The normalized spacial score (nSPS) is 27.3. The Morgan fingerprint density at radius 3 is 2.78 bits per heavy atom. The summed E-state index contributed by atoms with van der Waals surface area (Å²) in [5.74, 6) is -3.00. The van der Waals surface area contributed by atoms with E-state index in [1.54, 1.807) is 11.8 Å². The van der Waals surface area contributed by atoms with Crippen LogP contribution in [0, 0.1) is 0 Å². The smallest absolute Gasteiger partial charge is 0.274 e. The van der Waals surface area contributed by atoms with E-state index in [1.807, 2.05) is 13.8 Å². The van der Waals surface area contributed by atoms with Crippen molar-refractivity contribution in [2.45, 2.75) is 83.3 Å². The number of fused-ring (bicyclic) bond motifs is 1. The molecule has 36 heavy (non-hydrogen) atoms. The average molecular weight is 508 g/mol. The molecule has 3 aliphatic heterocycles. The molecular formula is C27H43F2N5O2. The Balaban J connectivity index is 1.53. The Bertz CT molecular complexity index is 927. The summed E-state index contributed by atoms with van der Waals surface area (Å²) in [6, 6.07) is 2.38. The number of halogens is 2. The van der Waals surface area contributed by atoms with E-state index in [2.05, 4.69) is 33.9 Å². The number of hydrogen-bond acceptors (Lipinski definition) is 6. The molecule has 4 rings (SSSR count). The molecular weight excluding hydrogens is 464 g/mol. The lowest BCUT2D eigenvalue weighted by Gasteiger charge is -2.44. The van der Waals surface area contributed by atoms with Crippen LogP contribution in [-0.4, -0.2) is 91.3 Å². The number of piperazine rings is 1. The minimum Gasteiger partial charge on any atom is -0.378 e. The van der Waals surface area contributed by atoms with Gasteiger partial charge in [-0.15, -0.1) is 0 Å². The molecule has 0 radical (unpaired) electrons. The van der Waals surface area contributed by atoms with Gasteiger partial charge in [-0.3, -0.25) is 19.6 Å². The van der Waals surface area contributed by atoms with Crippen LogP contribution < -0.4 is 10.2 Å². The third-order valence-electron chi connectivity index (χ3n) is 7.97. The van der Waals surface area contributed by atoms with Crippen LogP contribution in [0.5, 0.6) is 0 Å². The van der Waals surface area contributed by atoms with Gasteiger partial charge in [0, 0.05) is 74.4 Å². The topological polar surface area (TPSA) is 60.9 Å². The van der Waals surface area contributed by atoms with Gasteiger partial charge in [0.05, 0.1) is 31.1 Å². The highest BCUT2D eigenvalue weighted by molar-refractivity contribution is 5.97. The minimum absolute atomic E-state index is 0.0484. The molecule has 4 heterocycles. The largest absolute Gasteiger partial charge is 0.378 e. The van der Waals surface area contributed by atoms with Gasteiger partial charge in [-0.05, 0) is 19.4 Å². The standard InChI is InChI=1S/C27H43F2N5O2/c1-6-8-27(28,29)20-11-23-25(31-12-20)26(4,5)18-34(23)24(35)16-33-14-19(3)30-13-22(33)15-32-9-10-36-17-21(32)7-2/h11-12,19,21-22,30H,6-10,13-18H2,1-5H3/t19-,21+,22-/m1/s1. The van der Waals surface area contributed by atoms with E-state index in [-0.39, 0.29) is 41.9 Å². The number of nitrogens with one attached hydrogen (secondary N) is 1. The summed E-state index contributed by atoms with van der Waals surface area (Å²) in [5.41, 5.74) is 0.764. The van der Waals surface area contributed by atoms with Crippen LogP contribution in [0.25, 0.3) is 0 Å². The summed E-state index contributed by atoms with van der Waals surface area (Å²) in [6.07, 6.45) is 2.48. The molecule has 1 amide bonds. The number of ether oxygens (including phenoxy) is 1. The molecule has 0 unspecified atom stereocenters. The van der Waals surface area contributed by atoms with E-state index in [4.69, 9.17) is 4.74 Å². The molecule has 0 spiro atoms. The molecule has 3 atom stereocenters. The molecule has 7 nitrogen and oxygen atoms in total. The fourth-order valence-corrected chi connectivity index (χ4v) is 5.86. The number of aromatic nitrogens is 1. The second kappa shape index (κ2) is 11.0. The predicted molar refractivity (Wildman–Crippen MR) is 138 cm³/mol. The number of hydrogen-bond donors (Lipinski definition) is 1. The second-order valence-electron chi connectivity index (χ2n) is 11.4. The highest BCUT2D eigenvalue weighted by Gasteiger charge is 2.42. The molecule has 0 aromatic carbocycles. The third-order valence-corrected chi connectivity index (χ3v) is 7.97. The summed E-state index contributed by atoms with van der Waals surface area (Å²) in [5, 5.41) is 3.57. The number of morpholine rings is 1. The van der Waals surface area contributed by atoms with E-state index in [0.29, 0.717) is 24.7 Å². The van der Waals surface area contributed by atoms with E-state index >= 15 is 0 Å². The number of carbonyl (C=O) groups is 1. The Kier molecular flexibility index (Phi) is 8.34. The van der Waals surface area contributed by atoms with Crippen LogP contribution in [0.3, 0.4) is 0 Å². The zero-order valence-electron chi connectivity index (χ0n) is 22.5. The highest BCUT2D eigenvalue weighted by atomic mass is 19.3. The number of nitrogens with zero attached hydrogens (tertiary/aromatic N) is 4. The molecule has 3 aliphatic rings. The van der Waals surface area contributed by atoms with Crippen molar-refractivity contribution in [1.82, 2.24) is 20.1 Å². The van der Waals surface area contributed by atoms with Crippen LogP contribution in [0.15, 0.2) is 12.3 Å². The summed E-state index contributed by atoms with van der Waals surface area (Å²) in [4.78, 5) is 24.6. The number of anilines is 1. The Morgan fingerprint density at radius 1 is 1.28 bits per heavy atom. The van der Waals surface area contributed by atoms with Crippen molar-refractivity contribution in [2.24, 2.45) is 0 Å². The van der Waals surface area contributed by atoms with Gasteiger partial charge >= 0.3 is 0 Å². The van der Waals surface area contributed by atoms with Gasteiger partial charge in [0.25, 0.3) is 5.92 Å². The van der Waals surface area contributed by atoms with Crippen molar-refractivity contribution in [2.75, 3.05) is 57.4 Å². The fourth-order valence-electron chi connectivity index (χ4n) is 5.86. The van der Waals surface area contributed by atoms with Gasteiger partial charge in [-0.1, -0.05) is 34.1 Å². The zero-order valence-corrected chi connectivity index (χ0v) is 22.5. The predicted octanol–water partition coefficient (Wildman–Crippen LogP) is 3.37. The van der Waals surface area contributed by atoms with Gasteiger partial charge in [0.2, 0.25) is 5.91 Å². The molecule has 0 saturated carbocycles. The van der Waals surface area contributed by atoms with Gasteiger partial charge in [-0.25, -0.2) is 8.78 Å². The zero-order chi connectivity index (χ0) is 26.1. The van der Waals surface area contributed by atoms with E-state index in [1.165, 1.54) is 12.3 Å². The molecule has 202 valence electrons. The fraction of sp³-hybridized carbons (Fsp3) is 0.778. The lowest BCUT2D eigenvalue weighted by atomic mass is 9.91. The second-order valence-corrected chi connectivity index (χ2v) is 11.4. The summed E-state index contributed by atoms with van der Waals surface area (Å²) in [6.45, 7) is 15.7. The first-order valence-corrected chi connectivity index (χ1v) is 13.5. The maximum Gasteiger partial charge on any atom is 0.274 e. The molecule has 9 heteroatoms. The number of rotatable bonds is 8. The molecule has 1 aromatic rings. The SMILES string of the molecule is CCCC(F)(F)c1cnc2c(c1)N(C(=O)CN1C[C@@H](C)NC[C@@H]1CN1CCOC[C@@H]1CC)CC2(C)C. The number of alkyl halides is 2. The van der Waals surface area contributed by atoms with E-state index in [0.717, 1.165) is 51.5 Å². The van der Waals surface area contributed by atoms with Crippen molar-refractivity contribution < 1.29 is 18.3 Å². The summed E-state index contributed by atoms with van der Waals surface area (Å²) >= 11 is 0. The van der Waals surface area contributed by atoms with Gasteiger partial charge in [-0.2, -0.15) is 0 Å². The van der Waals surface area contributed by atoms with Gasteiger partial charge in [0.1, 0.15) is 0 Å². The number of carbonyl (C=O) groups excluding carboxylic acids is 1. The van der Waals surface area contributed by atoms with Crippen LogP contribution in [0.4, 0.5) is 14.5 Å². The number of amides is 1. The van der Waals surface area contributed by atoms with Crippen molar-refractivity contribution in [1.29, 1.82) is 0 Å². The van der Waals surface area contributed by atoms with Gasteiger partial charge < -0.3 is 15.0 Å². The molecule has 2 fully saturated rings.